The second-order valence-corrected chi connectivity index (χ2v) is 35.7. The number of nitrogens with one attached hydrogen (secondary N) is 9. The van der Waals surface area contributed by atoms with Crippen molar-refractivity contribution in [2.75, 3.05) is 85.8 Å². The number of likely N-dealkylation sites (tertiary alicyclic amines) is 1. The van der Waals surface area contributed by atoms with Gasteiger partial charge >= 0.3 is 5.97 Å². The molecule has 7 aromatic rings. The van der Waals surface area contributed by atoms with Crippen LogP contribution in [-0.4, -0.2) is 315 Å². The molecule has 0 spiro atoms. The lowest BCUT2D eigenvalue weighted by Gasteiger charge is -2.38. The number of aromatic nitrogens is 1. The number of aliphatic hydroxyl groups is 1. The molecular formula is C97H121F3N16O22S. The maximum Gasteiger partial charge on any atom is 0.305 e. The third-order valence-electron chi connectivity index (χ3n) is 24.1. The van der Waals surface area contributed by atoms with E-state index >= 15 is 37.5 Å². The predicted molar refractivity (Wildman–Crippen MR) is 503 cm³/mol. The van der Waals surface area contributed by atoms with Crippen molar-refractivity contribution in [3.05, 3.63) is 203 Å². The van der Waals surface area contributed by atoms with Crippen LogP contribution in [0.2, 0.25) is 0 Å². The molecule has 0 unspecified atom stereocenters. The Morgan fingerprint density at radius 3 is 1.72 bits per heavy atom. The minimum absolute atomic E-state index is 0.0514. The van der Waals surface area contributed by atoms with Crippen LogP contribution in [0.15, 0.2) is 152 Å². The molecule has 42 heteroatoms. The highest BCUT2D eigenvalue weighted by molar-refractivity contribution is 8.00. The summed E-state index contributed by atoms with van der Waals surface area (Å²) < 4.78 is 56.2. The van der Waals surface area contributed by atoms with E-state index in [2.05, 4.69) is 47.5 Å². The number of thioether (sulfide) groups is 1. The number of unbranched alkanes of at least 4 members (excludes halogenated alkanes) is 1. The summed E-state index contributed by atoms with van der Waals surface area (Å²) in [4.78, 5) is 238. The highest BCUT2D eigenvalue weighted by Crippen LogP contribution is 2.28. The number of primary amides is 1. The molecule has 2 aliphatic rings. The average Bonchev–Trinajstić information content (AvgIpc) is 1.69. The van der Waals surface area contributed by atoms with E-state index in [1.54, 1.807) is 124 Å². The molecule has 139 heavy (non-hydrogen) atoms. The zero-order chi connectivity index (χ0) is 101. The number of rotatable bonds is 52. The number of carboxylic acid groups (broad SMARTS) is 1. The van der Waals surface area contributed by atoms with Crippen molar-refractivity contribution in [3.63, 3.8) is 0 Å². The number of morpholine rings is 1. The molecule has 0 bridgehead atoms. The molecule has 2 aliphatic heterocycles. The summed E-state index contributed by atoms with van der Waals surface area (Å²) in [7, 11) is 5.18. The van der Waals surface area contributed by atoms with Crippen LogP contribution in [0.4, 0.5) is 13.2 Å². The first-order valence-electron chi connectivity index (χ1n) is 45.4. The smallest absolute Gasteiger partial charge is 0.305 e. The molecule has 0 saturated carbocycles. The lowest BCUT2D eigenvalue weighted by atomic mass is 9.97. The number of aldehydes is 1. The first kappa shape index (κ1) is 109. The molecule has 2 saturated heterocycles. The number of Topliss-reactive ketones (excluding diaryl/α,β-unsaturated/α-hetero) is 1. The lowest BCUT2D eigenvalue weighted by molar-refractivity contribution is -0.152. The number of para-hydroxylation sites is 1. The summed E-state index contributed by atoms with van der Waals surface area (Å²) in [6.45, 7) is 2.72. The number of aromatic amines is 1. The molecule has 6 aromatic carbocycles. The zero-order valence-corrected chi connectivity index (χ0v) is 78.9. The Morgan fingerprint density at radius 2 is 1.13 bits per heavy atom. The topological polar surface area (TPSA) is 553 Å². The van der Waals surface area contributed by atoms with Gasteiger partial charge in [0.05, 0.1) is 68.7 Å². The number of hydrogen-bond donors (Lipinski definition) is 15. The largest absolute Gasteiger partial charge is 0.508 e. The number of fused-ring (bicyclic) bond motifs is 1. The number of likely N-dealkylation sites (N-methyl/N-ethyl adjacent to an activating group) is 3. The molecule has 748 valence electrons. The molecule has 0 aliphatic carbocycles. The number of H-pyrrole nitrogens is 1. The number of phenolic OH excluding ortho intramolecular Hbond substituents is 2. The molecule has 14 atom stereocenters. The van der Waals surface area contributed by atoms with Crippen molar-refractivity contribution < 1.29 is 120 Å². The van der Waals surface area contributed by atoms with Crippen LogP contribution >= 0.6 is 11.8 Å². The Balaban J connectivity index is 0.962. The van der Waals surface area contributed by atoms with Crippen molar-refractivity contribution in [2.24, 2.45) is 17.4 Å². The summed E-state index contributed by atoms with van der Waals surface area (Å²) >= 11 is 0.637. The predicted octanol–water partition coefficient (Wildman–Crippen LogP) is 1.08. The summed E-state index contributed by atoms with van der Waals surface area (Å²) in [5, 5.41) is 62.5. The van der Waals surface area contributed by atoms with Gasteiger partial charge in [-0.1, -0.05) is 137 Å². The molecule has 3 heterocycles. The monoisotopic (exact) mass is 1950 g/mol. The van der Waals surface area contributed by atoms with Crippen LogP contribution in [-0.2, 0) is 125 Å². The Labute approximate surface area is 805 Å². The van der Waals surface area contributed by atoms with Crippen LogP contribution < -0.4 is 54.0 Å². The normalized spacial score (nSPS) is 16.5. The van der Waals surface area contributed by atoms with Crippen molar-refractivity contribution in [1.82, 2.24) is 72.0 Å². The molecular weight excluding hydrogens is 1830 g/mol. The highest BCUT2D eigenvalue weighted by atomic mass is 32.2. The first-order chi connectivity index (χ1) is 66.3. The van der Waals surface area contributed by atoms with Gasteiger partial charge in [0.1, 0.15) is 72.2 Å². The maximum atomic E-state index is 15.6. The number of amides is 13. The van der Waals surface area contributed by atoms with Crippen LogP contribution in [0.1, 0.15) is 92.7 Å². The van der Waals surface area contributed by atoms with Crippen LogP contribution in [0.5, 0.6) is 11.5 Å². The van der Waals surface area contributed by atoms with Gasteiger partial charge < -0.3 is 113 Å². The van der Waals surface area contributed by atoms with Gasteiger partial charge in [-0.3, -0.25) is 77.2 Å². The number of halogens is 3. The van der Waals surface area contributed by atoms with Crippen molar-refractivity contribution >= 4 is 117 Å². The number of carboxylic acids is 1. The van der Waals surface area contributed by atoms with Gasteiger partial charge in [0.25, 0.3) is 0 Å². The van der Waals surface area contributed by atoms with E-state index in [9.17, 15) is 72.8 Å². The van der Waals surface area contributed by atoms with Gasteiger partial charge in [0, 0.05) is 103 Å². The highest BCUT2D eigenvalue weighted by Gasteiger charge is 2.47. The van der Waals surface area contributed by atoms with Gasteiger partial charge in [-0.15, -0.1) is 11.8 Å². The summed E-state index contributed by atoms with van der Waals surface area (Å²) in [6, 6.07) is 17.4. The molecule has 9 rings (SSSR count). The number of nitrogens with two attached hydrogens (primary N) is 2. The minimum atomic E-state index is -1.89. The number of phenols is 2. The number of aromatic hydroxyl groups is 2. The molecule has 38 nitrogen and oxygen atoms in total. The molecule has 13 amide bonds. The fraction of sp³-hybridized carbons (Fsp3) is 0.443. The fourth-order valence-corrected chi connectivity index (χ4v) is 17.1. The molecule has 1 aromatic heterocycles. The molecule has 0 radical (unpaired) electrons. The average molecular weight is 1950 g/mol. The van der Waals surface area contributed by atoms with E-state index in [0.29, 0.717) is 69.9 Å². The fourth-order valence-electron chi connectivity index (χ4n) is 16.3. The van der Waals surface area contributed by atoms with E-state index in [0.717, 1.165) is 20.3 Å². The van der Waals surface area contributed by atoms with Crippen molar-refractivity contribution in [1.29, 1.82) is 0 Å². The SMILES string of the molecule is CCCC[C@@H](C(=O)N1C[C@H](O)C[C@@H]1C(=O)N[C@H](C=O)CC(=O)O)N(C)C(=O)[C@H](Cc1ccccc1)N(C)C(=O)[C@H](Cc1cc(F)c(F)c(F)c1)NC(=O)CSC[C@H](NC(=O)[C@H](CCOC)NC(=O)[C@H](Cc1ccc(O)cc1)NC(=O)[C@H](Cc1c[nH]c2ccccc12)NC(=O)[C@H]1COCCN1C(=O)[C@H](Cc1ccc(O)cc1)NCC(=O)[C@H](Cc1ccccc1)N(C)C(=O)[C@@H](N)C(C)C)C(=O)NCC(N)=O. The van der Waals surface area contributed by atoms with Gasteiger partial charge in [-0.2, -0.15) is 0 Å². The number of aliphatic carboxylic acids is 1. The minimum Gasteiger partial charge on any atom is -0.508 e. The van der Waals surface area contributed by atoms with E-state index in [-0.39, 0.29) is 100 Å². The van der Waals surface area contributed by atoms with Crippen LogP contribution in [0.3, 0.4) is 0 Å². The number of nitrogens with zero attached hydrogens (tertiary/aromatic N) is 5. The number of ether oxygens (including phenoxy) is 2. The number of aliphatic hydroxyl groups excluding tert-OH is 1. The van der Waals surface area contributed by atoms with Crippen molar-refractivity contribution in [3.8, 4) is 11.5 Å². The number of β-amino-alcohol motifs (C(OH)–C–C–N with tert-alkyl or cyclic N) is 1. The molecule has 2 fully saturated rings. The van der Waals surface area contributed by atoms with Gasteiger partial charge in [0.15, 0.2) is 23.2 Å². The Hall–Kier alpha value is -13.7. The molecule has 17 N–H and O–H groups in total. The van der Waals surface area contributed by atoms with Crippen LogP contribution in [0, 0.1) is 23.4 Å². The lowest BCUT2D eigenvalue weighted by Crippen LogP contribution is -2.63. The Bertz CT molecular complexity index is 5440. The van der Waals surface area contributed by atoms with E-state index in [4.69, 9.17) is 20.9 Å². The van der Waals surface area contributed by atoms with Crippen LogP contribution in [0.25, 0.3) is 10.9 Å². The second kappa shape index (κ2) is 52.7. The van der Waals surface area contributed by atoms with Gasteiger partial charge in [0.2, 0.25) is 76.8 Å². The third-order valence-corrected chi connectivity index (χ3v) is 25.2. The van der Waals surface area contributed by atoms with E-state index < -0.39 is 241 Å². The maximum absolute atomic E-state index is 15.6. The van der Waals surface area contributed by atoms with Gasteiger partial charge in [-0.25, -0.2) is 13.2 Å². The number of carbonyl (C=O) groups excluding carboxylic acids is 15. The number of methoxy groups -OCH3 is 1. The van der Waals surface area contributed by atoms with Crippen molar-refractivity contribution in [2.45, 2.75) is 182 Å². The van der Waals surface area contributed by atoms with E-state index in [1.165, 1.54) is 74.5 Å². The number of hydrogen-bond acceptors (Lipinski definition) is 24. The number of ketones is 1. The number of benzene rings is 6. The summed E-state index contributed by atoms with van der Waals surface area (Å²) in [6.07, 6.45) is -2.02. The summed E-state index contributed by atoms with van der Waals surface area (Å²) in [5.41, 5.74) is 14.6. The Kier molecular flexibility index (Phi) is 41.4. The van der Waals surface area contributed by atoms with Gasteiger partial charge in [-0.05, 0) is 107 Å². The zero-order valence-electron chi connectivity index (χ0n) is 78.1. The number of carbonyl (C=O) groups is 16. The standard InChI is InChI=1S/C97H121F3N16O22S/c1-8-9-24-76(96(135)116-50-65(120)46-78(116)91(130)106-62(51-117)45-84(124)125)112(4)95(134)79(43-57-20-14-11-15-21-57)114(6)93(132)74(41-60-37-67(98)85(100)68(99)38-60)107-83(123)54-139-53-75(87(126)105-49-82(101)122)111-88(127)70(33-35-137-7)108-89(128)71(39-58-25-29-63(118)30-26-58)109-90(129)72(44-61-47-103-69-23-17-16-22-66(61)69)110-92(131)80-52-138-36-34-115(80)94(133)73(40-59-27-31-64(119)32-28-59)104-48-81(121)77(42-56-18-12-10-13-19-56)113(5)97(136)86(102)55(2)3/h10-23,25-32,37-38,47,51,55,62,65,70-80,86,103-104,118-120H,8-9,24,33-36,39-46,48-50,52-54,102H2,1-7H3,(H2,101,122)(H,105,126)(H,106,130)(H,107,123)(H,108,128)(H,109,129)(H,110,131)(H,111,127)(H,124,125)/t62-,65+,70-,71-,72-,73-,74-,75-,76-,77-,78+,79-,80+,86-/m0/s1. The Morgan fingerprint density at radius 1 is 0.590 bits per heavy atom. The quantitative estimate of drug-likeness (QED) is 0.0187. The second-order valence-electron chi connectivity index (χ2n) is 34.7. The third kappa shape index (κ3) is 31.4. The van der Waals surface area contributed by atoms with E-state index in [1.807, 2.05) is 0 Å². The summed E-state index contributed by atoms with van der Waals surface area (Å²) in [5.74, 6) is -21.2. The first-order valence-corrected chi connectivity index (χ1v) is 46.5.